The Balaban J connectivity index is 1.77. The molecule has 0 aliphatic carbocycles. The van der Waals surface area contributed by atoms with Gasteiger partial charge in [-0.2, -0.15) is 0 Å². The summed E-state index contributed by atoms with van der Waals surface area (Å²) in [6, 6.07) is 20.9. The molecule has 0 spiro atoms. The van der Waals surface area contributed by atoms with E-state index in [2.05, 4.69) is 80.2 Å². The van der Waals surface area contributed by atoms with Crippen molar-refractivity contribution in [3.8, 4) is 10.8 Å². The van der Waals surface area contributed by atoms with Crippen molar-refractivity contribution in [3.63, 3.8) is 0 Å². The minimum absolute atomic E-state index is 0.758. The van der Waals surface area contributed by atoms with Crippen LogP contribution in [0.3, 0.4) is 0 Å². The van der Waals surface area contributed by atoms with Crippen molar-refractivity contribution in [2.75, 3.05) is 22.9 Å². The number of halogens is 2. The molecule has 3 aromatic carbocycles. The summed E-state index contributed by atoms with van der Waals surface area (Å²) in [7, 11) is 15.2. The van der Waals surface area contributed by atoms with Crippen LogP contribution in [0.5, 0.6) is 10.8 Å². The van der Waals surface area contributed by atoms with Gasteiger partial charge in [-0.3, -0.25) is 0 Å². The van der Waals surface area contributed by atoms with Gasteiger partial charge in [0.15, 0.2) is 0 Å². The average molecular weight is 667 g/mol. The Kier molecular flexibility index (Phi) is 8.18. The Morgan fingerprint density at radius 2 is 1.26 bits per heavy atom. The quantitative estimate of drug-likeness (QED) is 0.198. The van der Waals surface area contributed by atoms with Gasteiger partial charge < -0.3 is 0 Å². The fourth-order valence-corrected chi connectivity index (χ4v) is 12.3. The van der Waals surface area contributed by atoms with Crippen LogP contribution in [0.15, 0.2) is 66.0 Å². The Morgan fingerprint density at radius 1 is 0.744 bits per heavy atom. The molecule has 0 unspecified atom stereocenters. The summed E-state index contributed by atoms with van der Waals surface area (Å²) >= 11 is -2.10. The molecule has 0 atom stereocenters. The molecule has 1 fully saturated rings. The van der Waals surface area contributed by atoms with Crippen LogP contribution < -0.4 is 14.5 Å². The van der Waals surface area contributed by atoms with E-state index >= 15 is 0 Å². The van der Waals surface area contributed by atoms with Crippen molar-refractivity contribution < 1.29 is 16.6 Å². The summed E-state index contributed by atoms with van der Waals surface area (Å²) in [5.74, 6) is 0.758. The van der Waals surface area contributed by atoms with E-state index < -0.39 is 11.9 Å². The first-order chi connectivity index (χ1) is 18.5. The second-order valence-corrected chi connectivity index (χ2v) is 20.3. The van der Waals surface area contributed by atoms with Gasteiger partial charge in [-0.1, -0.05) is 0 Å². The fraction of sp³-hybridized carbons (Fsp3) is 0.250. The monoisotopic (exact) mass is 666 g/mol. The zero-order valence-electron chi connectivity index (χ0n) is 23.2. The number of hydrogen-bond donors (Lipinski definition) is 0. The van der Waals surface area contributed by atoms with Crippen LogP contribution in [0.25, 0.3) is 0 Å². The van der Waals surface area contributed by atoms with Crippen molar-refractivity contribution in [1.82, 2.24) is 0 Å². The molecule has 1 aliphatic heterocycles. The minimum atomic E-state index is -3.67. The molecule has 0 radical (unpaired) electrons. The van der Waals surface area contributed by atoms with E-state index in [1.165, 1.54) is 44.8 Å². The molecule has 1 aliphatic rings. The SMILES string of the molecule is Cc1cc(C)c(N2CCN(c3c(C)cc(C)cc3C)[C]2=[Ru]([Cl])([Cl])=[CH]c2ccccc2Oc2cccs2)c(C)c1. The molecule has 0 saturated carbocycles. The summed E-state index contributed by atoms with van der Waals surface area (Å²) in [4.78, 5) is 4.77. The van der Waals surface area contributed by atoms with Crippen molar-refractivity contribution in [2.45, 2.75) is 41.5 Å². The molecule has 4 aromatic rings. The number of anilines is 2. The molecule has 1 saturated heterocycles. The topological polar surface area (TPSA) is 15.7 Å². The molecule has 0 bridgehead atoms. The Labute approximate surface area is 246 Å². The molecule has 2 heterocycles. The molecule has 0 N–H and O–H groups in total. The zero-order valence-corrected chi connectivity index (χ0v) is 27.2. The fourth-order valence-electron chi connectivity index (χ4n) is 5.65. The van der Waals surface area contributed by atoms with Crippen molar-refractivity contribution in [1.29, 1.82) is 0 Å². The van der Waals surface area contributed by atoms with Crippen LogP contribution in [-0.4, -0.2) is 22.1 Å². The van der Waals surface area contributed by atoms with Crippen molar-refractivity contribution in [3.05, 3.63) is 105 Å². The second kappa shape index (κ2) is 11.3. The Hall–Kier alpha value is -2.30. The molecule has 39 heavy (non-hydrogen) atoms. The number of benzene rings is 3. The summed E-state index contributed by atoms with van der Waals surface area (Å²) in [6.45, 7) is 14.6. The molecule has 7 heteroatoms. The van der Waals surface area contributed by atoms with Gasteiger partial charge in [-0.05, 0) is 0 Å². The van der Waals surface area contributed by atoms with Gasteiger partial charge in [0.05, 0.1) is 0 Å². The van der Waals surface area contributed by atoms with Gasteiger partial charge in [0, 0.05) is 0 Å². The Morgan fingerprint density at radius 3 is 1.74 bits per heavy atom. The third-order valence-corrected chi connectivity index (χ3v) is 13.1. The maximum absolute atomic E-state index is 7.60. The van der Waals surface area contributed by atoms with Crippen LogP contribution in [0, 0.1) is 41.5 Å². The third-order valence-electron chi connectivity index (χ3n) is 6.86. The standard InChI is InChI=1S/C21H26N2.C11H8OS.2ClH.Ru/c1-14-9-16(3)20(17(4)10-14)22-7-8-23(13-22)21-18(5)11-15(2)12-19(21)6;1-9-5-2-3-6-10(9)12-11-7-4-8-13-11;;;/h9-12H,7-8H2,1-6H3;1-8H;2*1H;/q;;;;+2/p-2. The van der Waals surface area contributed by atoms with Crippen LogP contribution in [-0.2, 0) is 11.9 Å². The van der Waals surface area contributed by atoms with E-state index in [0.717, 1.165) is 33.8 Å². The molecular formula is C32H34Cl2N2ORuS. The van der Waals surface area contributed by atoms with Gasteiger partial charge in [-0.25, -0.2) is 0 Å². The first kappa shape index (κ1) is 28.2. The normalized spacial score (nSPS) is 14.2. The predicted molar refractivity (Wildman–Crippen MR) is 169 cm³/mol. The molecule has 5 rings (SSSR count). The zero-order chi connectivity index (χ0) is 27.9. The number of ether oxygens (including phenoxy) is 1. The number of thiophene rings is 1. The number of para-hydroxylation sites is 1. The summed E-state index contributed by atoms with van der Waals surface area (Å²) in [5.41, 5.74) is 10.7. The molecule has 0 amide bonds. The van der Waals surface area contributed by atoms with Gasteiger partial charge in [-0.15, -0.1) is 0 Å². The van der Waals surface area contributed by atoms with Crippen molar-refractivity contribution in [2.24, 2.45) is 0 Å². The summed E-state index contributed by atoms with van der Waals surface area (Å²) in [5, 5.41) is 2.85. The van der Waals surface area contributed by atoms with Gasteiger partial charge in [0.25, 0.3) is 0 Å². The first-order valence-corrected chi connectivity index (χ1v) is 20.1. The van der Waals surface area contributed by atoms with Crippen LogP contribution in [0.4, 0.5) is 11.4 Å². The van der Waals surface area contributed by atoms with E-state index in [0.29, 0.717) is 0 Å². The second-order valence-electron chi connectivity index (χ2n) is 10.2. The number of hydrogen-bond acceptors (Lipinski definition) is 4. The summed E-state index contributed by atoms with van der Waals surface area (Å²) in [6.07, 6.45) is 0. The molecular weight excluding hydrogens is 632 g/mol. The van der Waals surface area contributed by atoms with Crippen LogP contribution >= 0.6 is 30.7 Å². The van der Waals surface area contributed by atoms with Crippen LogP contribution in [0.1, 0.15) is 38.9 Å². The number of nitrogens with zero attached hydrogens (tertiary/aromatic N) is 2. The number of rotatable bonds is 5. The predicted octanol–water partition coefficient (Wildman–Crippen LogP) is 9.12. The molecule has 206 valence electrons. The Bertz CT molecular complexity index is 1550. The number of aryl methyl sites for hydroxylation is 6. The van der Waals surface area contributed by atoms with Gasteiger partial charge in [0.1, 0.15) is 0 Å². The van der Waals surface area contributed by atoms with E-state index in [-0.39, 0.29) is 0 Å². The van der Waals surface area contributed by atoms with Gasteiger partial charge in [0.2, 0.25) is 0 Å². The van der Waals surface area contributed by atoms with E-state index in [1.54, 1.807) is 11.3 Å². The average Bonchev–Trinajstić information content (AvgIpc) is 3.50. The van der Waals surface area contributed by atoms with Crippen LogP contribution in [0.2, 0.25) is 0 Å². The van der Waals surface area contributed by atoms with E-state index in [4.69, 9.17) is 24.1 Å². The summed E-state index contributed by atoms with van der Waals surface area (Å²) < 4.78 is 9.33. The van der Waals surface area contributed by atoms with E-state index in [9.17, 15) is 0 Å². The van der Waals surface area contributed by atoms with Gasteiger partial charge >= 0.3 is 248 Å². The first-order valence-electron chi connectivity index (χ1n) is 12.9. The molecule has 3 nitrogen and oxygen atoms in total. The maximum atomic E-state index is 7.60. The van der Waals surface area contributed by atoms with E-state index in [1.807, 2.05) is 41.8 Å². The molecule has 1 aromatic heterocycles. The third kappa shape index (κ3) is 5.79. The van der Waals surface area contributed by atoms with Crippen molar-refractivity contribution >= 4 is 51.1 Å².